The molecule has 104 valence electrons. The maximum atomic E-state index is 12.3. The number of non-ortho nitro benzene ring substituents is 1. The third-order valence-corrected chi connectivity index (χ3v) is 5.20. The standard InChI is InChI=1S/C10H12ClN3O4S/c11-9-7-8(14(15)16)1-2-10(9)19(17,18)13-5-3-12-4-6-13/h1-2,7,12H,3-6H2. The van der Waals surface area contributed by atoms with Crippen LogP contribution in [0.2, 0.25) is 5.02 Å². The topological polar surface area (TPSA) is 92.5 Å². The van der Waals surface area contributed by atoms with Gasteiger partial charge in [0.2, 0.25) is 10.0 Å². The second-order valence-electron chi connectivity index (χ2n) is 4.03. The van der Waals surface area contributed by atoms with Crippen LogP contribution < -0.4 is 5.32 Å². The number of hydrogen-bond acceptors (Lipinski definition) is 5. The predicted molar refractivity (Wildman–Crippen MR) is 69.7 cm³/mol. The highest BCUT2D eigenvalue weighted by Crippen LogP contribution is 2.28. The van der Waals surface area contributed by atoms with Gasteiger partial charge in [-0.05, 0) is 6.07 Å². The van der Waals surface area contributed by atoms with Gasteiger partial charge in [-0.25, -0.2) is 8.42 Å². The summed E-state index contributed by atoms with van der Waals surface area (Å²) in [6, 6.07) is 3.37. The summed E-state index contributed by atoms with van der Waals surface area (Å²) in [7, 11) is -3.70. The molecule has 1 aromatic carbocycles. The van der Waals surface area contributed by atoms with Crippen LogP contribution in [-0.2, 0) is 10.0 Å². The highest BCUT2D eigenvalue weighted by atomic mass is 35.5. The van der Waals surface area contributed by atoms with Crippen LogP contribution in [-0.4, -0.2) is 43.8 Å². The molecule has 0 radical (unpaired) electrons. The van der Waals surface area contributed by atoms with Crippen LogP contribution in [0.5, 0.6) is 0 Å². The lowest BCUT2D eigenvalue weighted by atomic mass is 10.3. The van der Waals surface area contributed by atoms with Crippen LogP contribution in [0, 0.1) is 10.1 Å². The van der Waals surface area contributed by atoms with Gasteiger partial charge in [-0.1, -0.05) is 11.6 Å². The van der Waals surface area contributed by atoms with Gasteiger partial charge in [0.05, 0.1) is 9.95 Å². The summed E-state index contributed by atoms with van der Waals surface area (Å²) in [5.41, 5.74) is -0.232. The molecule has 0 unspecified atom stereocenters. The molecule has 0 bridgehead atoms. The van der Waals surface area contributed by atoms with Crippen LogP contribution in [0.15, 0.2) is 23.1 Å². The quantitative estimate of drug-likeness (QED) is 0.660. The number of nitro groups is 1. The molecule has 9 heteroatoms. The van der Waals surface area contributed by atoms with Crippen molar-refractivity contribution in [2.75, 3.05) is 26.2 Å². The average Bonchev–Trinajstić information content (AvgIpc) is 2.39. The molecule has 1 aromatic rings. The molecule has 0 atom stereocenters. The number of halogens is 1. The van der Waals surface area contributed by atoms with E-state index in [1.54, 1.807) is 0 Å². The molecule has 7 nitrogen and oxygen atoms in total. The number of nitrogens with one attached hydrogen (secondary N) is 1. The molecule has 0 amide bonds. The van der Waals surface area contributed by atoms with Gasteiger partial charge < -0.3 is 5.32 Å². The van der Waals surface area contributed by atoms with E-state index in [2.05, 4.69) is 5.32 Å². The molecule has 0 spiro atoms. The van der Waals surface area contributed by atoms with Crippen LogP contribution in [0.3, 0.4) is 0 Å². The lowest BCUT2D eigenvalue weighted by Gasteiger charge is -2.26. The van der Waals surface area contributed by atoms with Crippen molar-refractivity contribution < 1.29 is 13.3 Å². The maximum absolute atomic E-state index is 12.3. The summed E-state index contributed by atoms with van der Waals surface area (Å²) in [5, 5.41) is 13.5. The molecule has 19 heavy (non-hydrogen) atoms. The largest absolute Gasteiger partial charge is 0.314 e. The van der Waals surface area contributed by atoms with Gasteiger partial charge >= 0.3 is 0 Å². The number of benzene rings is 1. The van der Waals surface area contributed by atoms with Crippen molar-refractivity contribution in [3.8, 4) is 0 Å². The van der Waals surface area contributed by atoms with Gasteiger partial charge in [0.1, 0.15) is 4.90 Å². The highest BCUT2D eigenvalue weighted by molar-refractivity contribution is 7.89. The molecule has 1 heterocycles. The monoisotopic (exact) mass is 305 g/mol. The molecule has 1 aliphatic heterocycles. The molecule has 2 rings (SSSR count). The zero-order valence-corrected chi connectivity index (χ0v) is 11.4. The first-order chi connectivity index (χ1) is 8.93. The normalized spacial score (nSPS) is 17.3. The highest BCUT2D eigenvalue weighted by Gasteiger charge is 2.28. The van der Waals surface area contributed by atoms with Gasteiger partial charge in [-0.2, -0.15) is 4.31 Å². The fraction of sp³-hybridized carbons (Fsp3) is 0.400. The van der Waals surface area contributed by atoms with Gasteiger partial charge in [0, 0.05) is 38.3 Å². The first-order valence-corrected chi connectivity index (χ1v) is 7.39. The molecule has 1 fully saturated rings. The van der Waals surface area contributed by atoms with E-state index in [0.717, 1.165) is 12.1 Å². The fourth-order valence-electron chi connectivity index (χ4n) is 1.84. The van der Waals surface area contributed by atoms with Crippen LogP contribution >= 0.6 is 11.6 Å². The van der Waals surface area contributed by atoms with Crippen LogP contribution in [0.1, 0.15) is 0 Å². The number of rotatable bonds is 3. The first kappa shape index (κ1) is 14.2. The van der Waals surface area contributed by atoms with E-state index in [1.807, 2.05) is 0 Å². The SMILES string of the molecule is O=[N+]([O-])c1ccc(S(=O)(=O)N2CCNCC2)c(Cl)c1. The van der Waals surface area contributed by atoms with E-state index in [4.69, 9.17) is 11.6 Å². The minimum absolute atomic E-state index is 0.0957. The zero-order chi connectivity index (χ0) is 14.0. The molecule has 1 aliphatic rings. The minimum Gasteiger partial charge on any atom is -0.314 e. The minimum atomic E-state index is -3.70. The van der Waals surface area contributed by atoms with E-state index in [-0.39, 0.29) is 15.6 Å². The summed E-state index contributed by atoms with van der Waals surface area (Å²) >= 11 is 5.85. The number of piperazine rings is 1. The van der Waals surface area contributed by atoms with Crippen molar-refractivity contribution in [1.82, 2.24) is 9.62 Å². The van der Waals surface area contributed by atoms with Gasteiger partial charge in [-0.3, -0.25) is 10.1 Å². The van der Waals surface area contributed by atoms with E-state index in [9.17, 15) is 18.5 Å². The Balaban J connectivity index is 2.37. The summed E-state index contributed by atoms with van der Waals surface area (Å²) < 4.78 is 26.0. The molecular formula is C10H12ClN3O4S. The van der Waals surface area contributed by atoms with E-state index in [0.29, 0.717) is 26.2 Å². The van der Waals surface area contributed by atoms with Crippen molar-refractivity contribution >= 4 is 27.3 Å². The number of nitrogens with zero attached hydrogens (tertiary/aromatic N) is 2. The average molecular weight is 306 g/mol. The Labute approximate surface area is 115 Å². The second-order valence-corrected chi connectivity index (χ2v) is 6.34. The van der Waals surface area contributed by atoms with Gasteiger partial charge in [0.15, 0.2) is 0 Å². The summed E-state index contributed by atoms with van der Waals surface area (Å²) in [5.74, 6) is 0. The summed E-state index contributed by atoms with van der Waals surface area (Å²) in [6.07, 6.45) is 0. The molecule has 1 saturated heterocycles. The smallest absolute Gasteiger partial charge is 0.271 e. The van der Waals surface area contributed by atoms with Gasteiger partial charge in [0.25, 0.3) is 5.69 Å². The Kier molecular flexibility index (Phi) is 4.04. The summed E-state index contributed by atoms with van der Waals surface area (Å²) in [6.45, 7) is 1.86. The van der Waals surface area contributed by atoms with Crippen molar-refractivity contribution in [2.24, 2.45) is 0 Å². The van der Waals surface area contributed by atoms with Gasteiger partial charge in [-0.15, -0.1) is 0 Å². The van der Waals surface area contributed by atoms with Crippen LogP contribution in [0.4, 0.5) is 5.69 Å². The fourth-order valence-corrected chi connectivity index (χ4v) is 3.79. The Morgan fingerprint density at radius 3 is 2.47 bits per heavy atom. The maximum Gasteiger partial charge on any atom is 0.271 e. The van der Waals surface area contributed by atoms with Crippen molar-refractivity contribution in [3.63, 3.8) is 0 Å². The third kappa shape index (κ3) is 2.86. The van der Waals surface area contributed by atoms with E-state index in [1.165, 1.54) is 10.4 Å². The Hall–Kier alpha value is -1.22. The second kappa shape index (κ2) is 5.41. The Morgan fingerprint density at radius 2 is 1.95 bits per heavy atom. The van der Waals surface area contributed by atoms with Crippen molar-refractivity contribution in [2.45, 2.75) is 4.90 Å². The summed E-state index contributed by atoms with van der Waals surface area (Å²) in [4.78, 5) is 9.88. The molecule has 0 saturated carbocycles. The first-order valence-electron chi connectivity index (χ1n) is 5.58. The number of hydrogen-bond donors (Lipinski definition) is 1. The lowest BCUT2D eigenvalue weighted by molar-refractivity contribution is -0.384. The van der Waals surface area contributed by atoms with E-state index < -0.39 is 14.9 Å². The zero-order valence-electron chi connectivity index (χ0n) is 9.87. The van der Waals surface area contributed by atoms with Crippen molar-refractivity contribution in [1.29, 1.82) is 0 Å². The Bertz CT molecular complexity index is 599. The number of sulfonamides is 1. The van der Waals surface area contributed by atoms with E-state index >= 15 is 0 Å². The molecule has 0 aliphatic carbocycles. The third-order valence-electron chi connectivity index (χ3n) is 2.82. The predicted octanol–water partition coefficient (Wildman–Crippen LogP) is 0.842. The Morgan fingerprint density at radius 1 is 1.32 bits per heavy atom. The molecule has 0 aromatic heterocycles. The molecule has 1 N–H and O–H groups in total. The van der Waals surface area contributed by atoms with Crippen LogP contribution in [0.25, 0.3) is 0 Å². The molecular weight excluding hydrogens is 294 g/mol. The van der Waals surface area contributed by atoms with Crippen molar-refractivity contribution in [3.05, 3.63) is 33.3 Å². The number of nitro benzene ring substituents is 1. The lowest BCUT2D eigenvalue weighted by Crippen LogP contribution is -2.46.